The van der Waals surface area contributed by atoms with Gasteiger partial charge in [-0.2, -0.15) is 13.2 Å². The first-order chi connectivity index (χ1) is 10.8. The van der Waals surface area contributed by atoms with Crippen LogP contribution in [0.4, 0.5) is 13.2 Å². The van der Waals surface area contributed by atoms with E-state index < -0.39 is 23.6 Å². The van der Waals surface area contributed by atoms with Crippen molar-refractivity contribution in [1.29, 1.82) is 0 Å². The van der Waals surface area contributed by atoms with Crippen LogP contribution in [0.25, 0.3) is 0 Å². The van der Waals surface area contributed by atoms with Crippen molar-refractivity contribution < 1.29 is 27.9 Å². The van der Waals surface area contributed by atoms with Gasteiger partial charge in [0.15, 0.2) is 5.69 Å². The molecule has 2 amide bonds. The van der Waals surface area contributed by atoms with Gasteiger partial charge in [-0.15, -0.1) is 0 Å². The number of nitrogens with zero attached hydrogens (tertiary/aromatic N) is 1. The number of pyridine rings is 1. The van der Waals surface area contributed by atoms with Gasteiger partial charge in [-0.05, 0) is 36.4 Å². The van der Waals surface area contributed by atoms with Crippen molar-refractivity contribution in [2.75, 3.05) is 0 Å². The smallest absolute Gasteiger partial charge is 0.416 e. The molecular formula is C14H10F3N3O3. The minimum atomic E-state index is -4.50. The van der Waals surface area contributed by atoms with Gasteiger partial charge in [0.05, 0.1) is 5.56 Å². The predicted molar refractivity (Wildman–Crippen MR) is 72.3 cm³/mol. The molecule has 0 aliphatic carbocycles. The van der Waals surface area contributed by atoms with Gasteiger partial charge in [0.1, 0.15) is 5.75 Å². The molecule has 3 N–H and O–H groups in total. The van der Waals surface area contributed by atoms with E-state index in [9.17, 15) is 27.9 Å². The standard InChI is InChI=1S/C14H10F3N3O3/c15-14(16,17)9-5-3-8(4-6-9)12(22)19-20-13(23)11-10(21)2-1-7-18-11/h1-7,21H,(H,19,22)(H,20,23). The van der Waals surface area contributed by atoms with E-state index in [4.69, 9.17) is 0 Å². The summed E-state index contributed by atoms with van der Waals surface area (Å²) in [6.07, 6.45) is -3.23. The largest absolute Gasteiger partial charge is 0.505 e. The van der Waals surface area contributed by atoms with Gasteiger partial charge >= 0.3 is 6.18 Å². The Morgan fingerprint density at radius 1 is 1.00 bits per heavy atom. The molecule has 23 heavy (non-hydrogen) atoms. The Kier molecular flexibility index (Phi) is 4.49. The van der Waals surface area contributed by atoms with Crippen molar-refractivity contribution in [3.63, 3.8) is 0 Å². The third-order valence-electron chi connectivity index (χ3n) is 2.77. The summed E-state index contributed by atoms with van der Waals surface area (Å²) in [7, 11) is 0. The second-order valence-electron chi connectivity index (χ2n) is 4.35. The molecule has 2 aromatic rings. The quantitative estimate of drug-likeness (QED) is 0.735. The molecule has 1 aromatic heterocycles. The number of nitrogens with one attached hydrogen (secondary N) is 2. The topological polar surface area (TPSA) is 91.3 Å². The molecule has 0 radical (unpaired) electrons. The highest BCUT2D eigenvalue weighted by atomic mass is 19.4. The first-order valence-electron chi connectivity index (χ1n) is 6.21. The summed E-state index contributed by atoms with van der Waals surface area (Å²) in [6, 6.07) is 6.10. The van der Waals surface area contributed by atoms with Gasteiger partial charge in [0.25, 0.3) is 11.8 Å². The van der Waals surface area contributed by atoms with Crippen LogP contribution in [0.1, 0.15) is 26.4 Å². The van der Waals surface area contributed by atoms with Crippen molar-refractivity contribution in [2.24, 2.45) is 0 Å². The van der Waals surface area contributed by atoms with Crippen LogP contribution in [0.2, 0.25) is 0 Å². The van der Waals surface area contributed by atoms with E-state index in [1.54, 1.807) is 0 Å². The highest BCUT2D eigenvalue weighted by molar-refractivity contribution is 5.99. The van der Waals surface area contributed by atoms with Crippen molar-refractivity contribution in [3.05, 3.63) is 59.4 Å². The number of rotatable bonds is 2. The number of aromatic hydroxyl groups is 1. The lowest BCUT2D eigenvalue weighted by Gasteiger charge is -2.09. The third kappa shape index (κ3) is 3.96. The molecule has 0 spiro atoms. The molecule has 0 unspecified atom stereocenters. The number of amides is 2. The van der Waals surface area contributed by atoms with Crippen molar-refractivity contribution in [1.82, 2.24) is 15.8 Å². The zero-order chi connectivity index (χ0) is 17.0. The van der Waals surface area contributed by atoms with E-state index in [0.717, 1.165) is 24.3 Å². The zero-order valence-corrected chi connectivity index (χ0v) is 11.4. The molecular weight excluding hydrogens is 315 g/mol. The highest BCUT2D eigenvalue weighted by Crippen LogP contribution is 2.29. The number of carbonyl (C=O) groups is 2. The van der Waals surface area contributed by atoms with Crippen molar-refractivity contribution in [3.8, 4) is 5.75 Å². The van der Waals surface area contributed by atoms with Gasteiger partial charge in [-0.25, -0.2) is 4.98 Å². The SMILES string of the molecule is O=C(NNC(=O)c1ncccc1O)c1ccc(C(F)(F)F)cc1. The maximum Gasteiger partial charge on any atom is 0.416 e. The van der Waals surface area contributed by atoms with Crippen LogP contribution in [0, 0.1) is 0 Å². The molecule has 0 atom stereocenters. The van der Waals surface area contributed by atoms with Crippen LogP contribution in [0.5, 0.6) is 5.75 Å². The molecule has 0 aliphatic heterocycles. The Balaban J connectivity index is 2.00. The molecule has 1 heterocycles. The normalized spacial score (nSPS) is 10.9. The maximum atomic E-state index is 12.4. The summed E-state index contributed by atoms with van der Waals surface area (Å²) in [4.78, 5) is 27.1. The minimum Gasteiger partial charge on any atom is -0.505 e. The molecule has 0 saturated heterocycles. The summed E-state index contributed by atoms with van der Waals surface area (Å²) in [5, 5.41) is 9.43. The summed E-state index contributed by atoms with van der Waals surface area (Å²) >= 11 is 0. The van der Waals surface area contributed by atoms with Crippen LogP contribution in [-0.4, -0.2) is 21.9 Å². The van der Waals surface area contributed by atoms with Crippen LogP contribution in [0.15, 0.2) is 42.6 Å². The van der Waals surface area contributed by atoms with Gasteiger partial charge in [0, 0.05) is 11.8 Å². The molecule has 1 aromatic carbocycles. The van der Waals surface area contributed by atoms with E-state index in [1.165, 1.54) is 18.3 Å². The molecule has 0 aliphatic rings. The second kappa shape index (κ2) is 6.34. The number of halogens is 3. The fraction of sp³-hybridized carbons (Fsp3) is 0.0714. The van der Waals surface area contributed by atoms with Crippen LogP contribution in [-0.2, 0) is 6.18 Å². The Labute approximate surface area is 127 Å². The summed E-state index contributed by atoms with van der Waals surface area (Å²) in [5.41, 5.74) is 2.73. The van der Waals surface area contributed by atoms with E-state index in [0.29, 0.717) is 0 Å². The minimum absolute atomic E-state index is 0.0801. The van der Waals surface area contributed by atoms with E-state index in [-0.39, 0.29) is 17.0 Å². The zero-order valence-electron chi connectivity index (χ0n) is 11.4. The Bertz CT molecular complexity index is 730. The first-order valence-corrected chi connectivity index (χ1v) is 6.21. The number of benzene rings is 1. The number of alkyl halides is 3. The first kappa shape index (κ1) is 16.3. The monoisotopic (exact) mass is 325 g/mol. The fourth-order valence-electron chi connectivity index (χ4n) is 1.63. The van der Waals surface area contributed by atoms with Crippen molar-refractivity contribution >= 4 is 11.8 Å². The van der Waals surface area contributed by atoms with Crippen molar-refractivity contribution in [2.45, 2.75) is 6.18 Å². The summed E-state index contributed by atoms with van der Waals surface area (Å²) in [6.45, 7) is 0. The van der Waals surface area contributed by atoms with E-state index in [1.807, 2.05) is 10.9 Å². The van der Waals surface area contributed by atoms with Gasteiger partial charge < -0.3 is 5.11 Å². The fourth-order valence-corrected chi connectivity index (χ4v) is 1.63. The molecule has 0 fully saturated rings. The third-order valence-corrected chi connectivity index (χ3v) is 2.77. The molecule has 9 heteroatoms. The van der Waals surface area contributed by atoms with Gasteiger partial charge in [-0.1, -0.05) is 0 Å². The molecule has 120 valence electrons. The molecule has 0 bridgehead atoms. The number of hydrazine groups is 1. The molecule has 6 nitrogen and oxygen atoms in total. The number of aromatic nitrogens is 1. The van der Waals surface area contributed by atoms with Crippen LogP contribution in [0.3, 0.4) is 0 Å². The Hall–Kier alpha value is -3.10. The lowest BCUT2D eigenvalue weighted by molar-refractivity contribution is -0.137. The molecule has 0 saturated carbocycles. The maximum absolute atomic E-state index is 12.4. The van der Waals surface area contributed by atoms with Gasteiger partial charge in [0.2, 0.25) is 0 Å². The Morgan fingerprint density at radius 3 is 2.17 bits per heavy atom. The number of hydrogen-bond acceptors (Lipinski definition) is 4. The van der Waals surface area contributed by atoms with Crippen LogP contribution >= 0.6 is 0 Å². The van der Waals surface area contributed by atoms with Crippen LogP contribution < -0.4 is 10.9 Å². The van der Waals surface area contributed by atoms with Gasteiger partial charge in [-0.3, -0.25) is 20.4 Å². The van der Waals surface area contributed by atoms with E-state index >= 15 is 0 Å². The predicted octanol–water partition coefficient (Wildman–Crippen LogP) is 1.88. The average Bonchev–Trinajstić information content (AvgIpc) is 2.52. The highest BCUT2D eigenvalue weighted by Gasteiger charge is 2.30. The number of hydrogen-bond donors (Lipinski definition) is 3. The van der Waals surface area contributed by atoms with E-state index in [2.05, 4.69) is 4.98 Å². The second-order valence-corrected chi connectivity index (χ2v) is 4.35. The summed E-state index contributed by atoms with van der Waals surface area (Å²) in [5.74, 6) is -2.07. The lowest BCUT2D eigenvalue weighted by atomic mass is 10.1. The summed E-state index contributed by atoms with van der Waals surface area (Å²) < 4.78 is 37.2. The lowest BCUT2D eigenvalue weighted by Crippen LogP contribution is -2.42. The average molecular weight is 325 g/mol. The number of carbonyl (C=O) groups excluding carboxylic acids is 2. The Morgan fingerprint density at radius 2 is 1.61 bits per heavy atom. The molecule has 2 rings (SSSR count).